The molecular weight excluding hydrogens is 446 g/mol. The van der Waals surface area contributed by atoms with Crippen LogP contribution in [-0.4, -0.2) is 54.3 Å². The Labute approximate surface area is 195 Å². The molecule has 3 fully saturated rings. The highest BCUT2D eigenvalue weighted by Crippen LogP contribution is 2.57. The van der Waals surface area contributed by atoms with Crippen LogP contribution in [-0.2, 0) is 23.9 Å². The van der Waals surface area contributed by atoms with Gasteiger partial charge in [-0.15, -0.1) is 0 Å². The van der Waals surface area contributed by atoms with Crippen LogP contribution in [0.3, 0.4) is 0 Å². The van der Waals surface area contributed by atoms with E-state index < -0.39 is 47.1 Å². The average molecular weight is 468 g/mol. The fraction of sp³-hybridized carbons (Fsp3) is 0.333. The summed E-state index contributed by atoms with van der Waals surface area (Å²) in [5, 5.41) is 3.07. The van der Waals surface area contributed by atoms with E-state index in [4.69, 9.17) is 16.3 Å². The summed E-state index contributed by atoms with van der Waals surface area (Å²) in [5.74, 6) is -3.97. The summed E-state index contributed by atoms with van der Waals surface area (Å²) in [7, 11) is 1.24. The summed E-state index contributed by atoms with van der Waals surface area (Å²) in [6.45, 7) is 0.739. The Hall–Kier alpha value is -3.23. The quantitative estimate of drug-likeness (QED) is 0.545. The molecule has 170 valence electrons. The topological polar surface area (TPSA) is 96.0 Å². The molecule has 3 heterocycles. The predicted molar refractivity (Wildman–Crippen MR) is 119 cm³/mol. The van der Waals surface area contributed by atoms with Crippen molar-refractivity contribution in [2.24, 2.45) is 11.8 Å². The van der Waals surface area contributed by atoms with Gasteiger partial charge in [-0.2, -0.15) is 0 Å². The monoisotopic (exact) mass is 467 g/mol. The van der Waals surface area contributed by atoms with Crippen molar-refractivity contribution in [2.75, 3.05) is 25.1 Å². The number of piperazine rings is 1. The number of nitrogens with one attached hydrogen (secondary N) is 1. The fourth-order valence-corrected chi connectivity index (χ4v) is 5.90. The lowest BCUT2D eigenvalue weighted by Crippen LogP contribution is -2.67. The Morgan fingerprint density at radius 2 is 1.79 bits per heavy atom. The number of ether oxygens (including phenoxy) is 1. The Balaban J connectivity index is 1.72. The summed E-state index contributed by atoms with van der Waals surface area (Å²) in [6, 6.07) is 15.3. The van der Waals surface area contributed by atoms with E-state index in [2.05, 4.69) is 5.32 Å². The van der Waals surface area contributed by atoms with Gasteiger partial charge in [0.1, 0.15) is 5.54 Å². The minimum absolute atomic E-state index is 0.252. The highest BCUT2D eigenvalue weighted by Gasteiger charge is 2.73. The van der Waals surface area contributed by atoms with E-state index in [9.17, 15) is 19.2 Å². The summed E-state index contributed by atoms with van der Waals surface area (Å²) >= 11 is 6.34. The molecule has 8 nitrogen and oxygen atoms in total. The average Bonchev–Trinajstić information content (AvgIpc) is 3.26. The van der Waals surface area contributed by atoms with E-state index in [1.807, 2.05) is 35.2 Å². The summed E-state index contributed by atoms with van der Waals surface area (Å²) in [6.07, 6.45) is -0.338. The second kappa shape index (κ2) is 7.97. The number of halogens is 1. The number of carbonyl (C=O) groups excluding carboxylic acids is 4. The number of amides is 3. The first-order chi connectivity index (χ1) is 15.9. The van der Waals surface area contributed by atoms with Crippen molar-refractivity contribution >= 4 is 41.0 Å². The molecule has 5 rings (SSSR count). The van der Waals surface area contributed by atoms with Crippen LogP contribution < -0.4 is 10.2 Å². The molecule has 3 saturated heterocycles. The van der Waals surface area contributed by atoms with Crippen molar-refractivity contribution in [1.82, 2.24) is 10.2 Å². The summed E-state index contributed by atoms with van der Waals surface area (Å²) < 4.78 is 4.91. The molecule has 33 heavy (non-hydrogen) atoms. The highest BCUT2D eigenvalue weighted by molar-refractivity contribution is 6.36. The van der Waals surface area contributed by atoms with Crippen LogP contribution in [0.4, 0.5) is 5.69 Å². The van der Waals surface area contributed by atoms with Gasteiger partial charge in [0.05, 0.1) is 36.1 Å². The third-order valence-electron chi connectivity index (χ3n) is 6.96. The zero-order valence-electron chi connectivity index (χ0n) is 17.9. The lowest BCUT2D eigenvalue weighted by Gasteiger charge is -2.45. The number of hydrogen-bond acceptors (Lipinski definition) is 6. The van der Waals surface area contributed by atoms with E-state index in [1.165, 1.54) is 7.11 Å². The molecule has 2 aromatic rings. The van der Waals surface area contributed by atoms with Gasteiger partial charge in [0.2, 0.25) is 17.7 Å². The van der Waals surface area contributed by atoms with Crippen molar-refractivity contribution in [3.63, 3.8) is 0 Å². The number of para-hydroxylation sites is 1. The van der Waals surface area contributed by atoms with E-state index in [0.717, 1.165) is 10.5 Å². The molecule has 0 spiro atoms. The molecule has 2 aromatic carbocycles. The lowest BCUT2D eigenvalue weighted by molar-refractivity contribution is -0.154. The van der Waals surface area contributed by atoms with E-state index in [0.29, 0.717) is 13.1 Å². The van der Waals surface area contributed by atoms with E-state index in [-0.39, 0.29) is 17.1 Å². The normalized spacial score (nSPS) is 29.0. The first kappa shape index (κ1) is 21.6. The maximum absolute atomic E-state index is 13.9. The van der Waals surface area contributed by atoms with Crippen LogP contribution in [0.25, 0.3) is 0 Å². The van der Waals surface area contributed by atoms with Crippen molar-refractivity contribution < 1.29 is 23.9 Å². The van der Waals surface area contributed by atoms with Crippen LogP contribution >= 0.6 is 11.6 Å². The largest absolute Gasteiger partial charge is 0.469 e. The molecule has 3 aliphatic rings. The van der Waals surface area contributed by atoms with Gasteiger partial charge < -0.3 is 10.1 Å². The zero-order chi connectivity index (χ0) is 23.3. The van der Waals surface area contributed by atoms with Gasteiger partial charge >= 0.3 is 5.97 Å². The minimum Gasteiger partial charge on any atom is -0.469 e. The van der Waals surface area contributed by atoms with Gasteiger partial charge in [0, 0.05) is 19.1 Å². The SMILES string of the molecule is COC(=O)C[C@]12C(=O)NCCN1[C@H](c1ccccc1)[C@@H]1C(=O)N(c3ccccc3Cl)C(=O)[C@@H]12. The smallest absolute Gasteiger partial charge is 0.307 e. The van der Waals surface area contributed by atoms with Gasteiger partial charge in [-0.3, -0.25) is 24.1 Å². The van der Waals surface area contributed by atoms with Gasteiger partial charge in [-0.1, -0.05) is 54.1 Å². The number of carbonyl (C=O) groups is 4. The molecule has 4 atom stereocenters. The van der Waals surface area contributed by atoms with Gasteiger partial charge in [-0.25, -0.2) is 4.90 Å². The molecule has 0 radical (unpaired) electrons. The number of hydrogen-bond donors (Lipinski definition) is 1. The molecule has 0 saturated carbocycles. The second-order valence-electron chi connectivity index (χ2n) is 8.45. The number of rotatable bonds is 4. The summed E-state index contributed by atoms with van der Waals surface area (Å²) in [5.41, 5.74) is -0.471. The third-order valence-corrected chi connectivity index (χ3v) is 7.28. The van der Waals surface area contributed by atoms with Crippen LogP contribution in [0, 0.1) is 11.8 Å². The molecule has 3 amide bonds. The Bertz CT molecular complexity index is 1160. The maximum atomic E-state index is 13.9. The zero-order valence-corrected chi connectivity index (χ0v) is 18.6. The molecule has 1 N–H and O–H groups in total. The Morgan fingerprint density at radius 3 is 2.48 bits per heavy atom. The standard InChI is InChI=1S/C24H22ClN3O5/c1-33-17(29)13-24-19-18(21(30)28(22(19)31)16-10-6-5-9-15(16)25)20(14-7-3-2-4-8-14)27(24)12-11-26-23(24)32/h2-10,18-20H,11-13H2,1H3,(H,26,32)/t18-,19-,20-,24+/m1/s1. The number of anilines is 1. The fourth-order valence-electron chi connectivity index (χ4n) is 5.68. The molecule has 0 unspecified atom stereocenters. The number of benzene rings is 2. The number of methoxy groups -OCH3 is 1. The maximum Gasteiger partial charge on any atom is 0.307 e. The number of nitrogens with zero attached hydrogens (tertiary/aromatic N) is 2. The van der Waals surface area contributed by atoms with Crippen molar-refractivity contribution in [3.8, 4) is 0 Å². The van der Waals surface area contributed by atoms with Gasteiger partial charge in [0.15, 0.2) is 0 Å². The highest BCUT2D eigenvalue weighted by atomic mass is 35.5. The van der Waals surface area contributed by atoms with Crippen LogP contribution in [0.5, 0.6) is 0 Å². The molecular formula is C24H22ClN3O5. The van der Waals surface area contributed by atoms with Crippen molar-refractivity contribution in [2.45, 2.75) is 18.0 Å². The summed E-state index contributed by atoms with van der Waals surface area (Å²) in [4.78, 5) is 56.7. The molecule has 0 aliphatic carbocycles. The van der Waals surface area contributed by atoms with Crippen molar-refractivity contribution in [1.29, 1.82) is 0 Å². The van der Waals surface area contributed by atoms with Crippen molar-refractivity contribution in [3.05, 3.63) is 65.2 Å². The predicted octanol–water partition coefficient (Wildman–Crippen LogP) is 1.93. The van der Waals surface area contributed by atoms with Gasteiger partial charge in [-0.05, 0) is 17.7 Å². The van der Waals surface area contributed by atoms with Crippen LogP contribution in [0.15, 0.2) is 54.6 Å². The number of esters is 1. The second-order valence-corrected chi connectivity index (χ2v) is 8.86. The lowest BCUT2D eigenvalue weighted by atomic mass is 9.76. The third kappa shape index (κ3) is 3.01. The molecule has 0 aromatic heterocycles. The minimum atomic E-state index is -1.54. The molecule has 9 heteroatoms. The number of imide groups is 1. The molecule has 0 bridgehead atoms. The van der Waals surface area contributed by atoms with E-state index in [1.54, 1.807) is 24.3 Å². The van der Waals surface area contributed by atoms with Gasteiger partial charge in [0.25, 0.3) is 0 Å². The Morgan fingerprint density at radius 1 is 1.09 bits per heavy atom. The van der Waals surface area contributed by atoms with Crippen LogP contribution in [0.1, 0.15) is 18.0 Å². The first-order valence-electron chi connectivity index (χ1n) is 10.7. The number of fused-ring (bicyclic) bond motifs is 3. The first-order valence-corrected chi connectivity index (χ1v) is 11.1. The van der Waals surface area contributed by atoms with E-state index >= 15 is 0 Å². The molecule has 3 aliphatic heterocycles. The van der Waals surface area contributed by atoms with Crippen LogP contribution in [0.2, 0.25) is 5.02 Å². The Kier molecular flexibility index (Phi) is 5.22.